The molecule has 0 saturated heterocycles. The van der Waals surface area contributed by atoms with Gasteiger partial charge in [-0.05, 0) is 65.3 Å². The minimum absolute atomic E-state index is 0.832. The van der Waals surface area contributed by atoms with Gasteiger partial charge in [-0.2, -0.15) is 0 Å². The molecule has 0 unspecified atom stereocenters. The Morgan fingerprint density at radius 1 is 1.10 bits per heavy atom. The third-order valence-electron chi connectivity index (χ3n) is 3.66. The van der Waals surface area contributed by atoms with Crippen LogP contribution in [-0.4, -0.2) is 16.1 Å². The lowest BCUT2D eigenvalue weighted by Crippen LogP contribution is -2.04. The number of carboxylic acids is 1. The number of rotatable bonds is 2. The number of fused-ring (bicyclic) bond motifs is 1. The fraction of sp³-hybridized carbons (Fsp3) is 0.176. The average Bonchev–Trinajstić information content (AvgIpc) is 2.47. The standard InChI is InChI=1S/C17H15NO2/c19-17(20)11-15-3-1-2-13-4-5-14(10-16(13)15)12-6-8-18-9-7-12/h4-11H,1-3H2,(H,19,20)/b15-11+. The fourth-order valence-electron chi connectivity index (χ4n) is 2.72. The van der Waals surface area contributed by atoms with Crippen LogP contribution in [-0.2, 0) is 11.2 Å². The van der Waals surface area contributed by atoms with Crippen LogP contribution in [0.4, 0.5) is 0 Å². The minimum Gasteiger partial charge on any atom is -0.478 e. The summed E-state index contributed by atoms with van der Waals surface area (Å²) in [6, 6.07) is 10.2. The van der Waals surface area contributed by atoms with Crippen LogP contribution in [0.2, 0.25) is 0 Å². The van der Waals surface area contributed by atoms with E-state index >= 15 is 0 Å². The van der Waals surface area contributed by atoms with Crippen LogP contribution in [0.3, 0.4) is 0 Å². The van der Waals surface area contributed by atoms with Crippen molar-refractivity contribution in [3.8, 4) is 11.1 Å². The van der Waals surface area contributed by atoms with Crippen LogP contribution < -0.4 is 0 Å². The van der Waals surface area contributed by atoms with Crippen molar-refractivity contribution < 1.29 is 9.90 Å². The Morgan fingerprint density at radius 2 is 1.90 bits per heavy atom. The summed E-state index contributed by atoms with van der Waals surface area (Å²) in [6.07, 6.45) is 7.74. The van der Waals surface area contributed by atoms with E-state index in [0.717, 1.165) is 41.5 Å². The van der Waals surface area contributed by atoms with Crippen LogP contribution in [0.25, 0.3) is 16.7 Å². The molecule has 20 heavy (non-hydrogen) atoms. The molecule has 3 rings (SSSR count). The van der Waals surface area contributed by atoms with Crippen molar-refractivity contribution in [1.29, 1.82) is 0 Å². The van der Waals surface area contributed by atoms with Crippen molar-refractivity contribution in [3.63, 3.8) is 0 Å². The van der Waals surface area contributed by atoms with E-state index in [4.69, 9.17) is 5.11 Å². The lowest BCUT2D eigenvalue weighted by atomic mass is 9.85. The Bertz CT molecular complexity index is 675. The van der Waals surface area contributed by atoms with E-state index in [0.29, 0.717) is 0 Å². The zero-order chi connectivity index (χ0) is 13.9. The zero-order valence-corrected chi connectivity index (χ0v) is 11.0. The van der Waals surface area contributed by atoms with E-state index in [9.17, 15) is 4.79 Å². The van der Waals surface area contributed by atoms with Crippen molar-refractivity contribution in [2.75, 3.05) is 0 Å². The van der Waals surface area contributed by atoms with Crippen molar-refractivity contribution in [2.45, 2.75) is 19.3 Å². The highest BCUT2D eigenvalue weighted by atomic mass is 16.4. The molecular formula is C17H15NO2. The second-order valence-electron chi connectivity index (χ2n) is 4.97. The Labute approximate surface area is 117 Å². The van der Waals surface area contributed by atoms with Crippen LogP contribution in [0, 0.1) is 0 Å². The Hall–Kier alpha value is -2.42. The predicted molar refractivity (Wildman–Crippen MR) is 78.2 cm³/mol. The SMILES string of the molecule is O=C(O)/C=C1\CCCc2ccc(-c3ccncc3)cc21. The smallest absolute Gasteiger partial charge is 0.328 e. The third kappa shape index (κ3) is 2.48. The molecule has 1 aromatic carbocycles. The first-order valence-corrected chi connectivity index (χ1v) is 6.71. The third-order valence-corrected chi connectivity index (χ3v) is 3.66. The van der Waals surface area contributed by atoms with E-state index in [2.05, 4.69) is 23.2 Å². The van der Waals surface area contributed by atoms with Crippen molar-refractivity contribution >= 4 is 11.5 Å². The van der Waals surface area contributed by atoms with Gasteiger partial charge in [0, 0.05) is 18.5 Å². The first-order chi connectivity index (χ1) is 9.74. The Balaban J connectivity index is 2.09. The normalized spacial score (nSPS) is 15.9. The molecule has 3 nitrogen and oxygen atoms in total. The summed E-state index contributed by atoms with van der Waals surface area (Å²) in [5.41, 5.74) is 5.44. The number of carbonyl (C=O) groups is 1. The summed E-state index contributed by atoms with van der Waals surface area (Å²) >= 11 is 0. The van der Waals surface area contributed by atoms with Gasteiger partial charge in [0.25, 0.3) is 0 Å². The van der Waals surface area contributed by atoms with Gasteiger partial charge in [-0.3, -0.25) is 4.98 Å². The molecule has 0 atom stereocenters. The molecule has 1 aliphatic carbocycles. The topological polar surface area (TPSA) is 50.2 Å². The minimum atomic E-state index is -0.873. The molecule has 1 aliphatic rings. The summed E-state index contributed by atoms with van der Waals surface area (Å²) in [6.45, 7) is 0. The van der Waals surface area contributed by atoms with E-state index in [1.165, 1.54) is 11.6 Å². The molecule has 0 bridgehead atoms. The number of nitrogens with zero attached hydrogens (tertiary/aromatic N) is 1. The molecule has 0 amide bonds. The molecule has 3 heteroatoms. The molecule has 1 heterocycles. The van der Waals surface area contributed by atoms with Crippen LogP contribution in [0.15, 0.2) is 48.8 Å². The fourth-order valence-corrected chi connectivity index (χ4v) is 2.72. The number of hydrogen-bond donors (Lipinski definition) is 1. The van der Waals surface area contributed by atoms with E-state index < -0.39 is 5.97 Å². The Kier molecular flexibility index (Phi) is 3.33. The number of benzene rings is 1. The lowest BCUT2D eigenvalue weighted by Gasteiger charge is -2.19. The van der Waals surface area contributed by atoms with Gasteiger partial charge in [0.1, 0.15) is 0 Å². The molecule has 0 aliphatic heterocycles. The van der Waals surface area contributed by atoms with Crippen molar-refractivity contribution in [2.24, 2.45) is 0 Å². The van der Waals surface area contributed by atoms with Crippen LogP contribution in [0.5, 0.6) is 0 Å². The van der Waals surface area contributed by atoms with Crippen molar-refractivity contribution in [3.05, 3.63) is 59.9 Å². The second kappa shape index (κ2) is 5.29. The zero-order valence-electron chi connectivity index (χ0n) is 11.0. The summed E-state index contributed by atoms with van der Waals surface area (Å²) in [5, 5.41) is 8.99. The maximum absolute atomic E-state index is 10.9. The average molecular weight is 265 g/mol. The van der Waals surface area contributed by atoms with E-state index in [-0.39, 0.29) is 0 Å². The van der Waals surface area contributed by atoms with Gasteiger partial charge in [-0.1, -0.05) is 12.1 Å². The highest BCUT2D eigenvalue weighted by molar-refractivity contribution is 5.91. The Morgan fingerprint density at radius 3 is 2.65 bits per heavy atom. The lowest BCUT2D eigenvalue weighted by molar-refractivity contribution is -0.131. The van der Waals surface area contributed by atoms with Crippen molar-refractivity contribution in [1.82, 2.24) is 4.98 Å². The van der Waals surface area contributed by atoms with E-state index in [1.807, 2.05) is 12.1 Å². The maximum atomic E-state index is 10.9. The summed E-state index contributed by atoms with van der Waals surface area (Å²) < 4.78 is 0. The molecular weight excluding hydrogens is 250 g/mol. The number of pyridine rings is 1. The van der Waals surface area contributed by atoms with Gasteiger partial charge in [-0.25, -0.2) is 4.79 Å². The molecule has 1 N–H and O–H groups in total. The quantitative estimate of drug-likeness (QED) is 0.845. The molecule has 100 valence electrons. The first kappa shape index (κ1) is 12.6. The predicted octanol–water partition coefficient (Wildman–Crippen LogP) is 3.55. The van der Waals surface area contributed by atoms with Gasteiger partial charge in [0.05, 0.1) is 0 Å². The van der Waals surface area contributed by atoms with E-state index in [1.54, 1.807) is 12.4 Å². The highest BCUT2D eigenvalue weighted by Gasteiger charge is 2.15. The summed E-state index contributed by atoms with van der Waals surface area (Å²) in [7, 11) is 0. The summed E-state index contributed by atoms with van der Waals surface area (Å²) in [5.74, 6) is -0.873. The largest absolute Gasteiger partial charge is 0.478 e. The second-order valence-corrected chi connectivity index (χ2v) is 4.97. The molecule has 0 spiro atoms. The van der Waals surface area contributed by atoms with Gasteiger partial charge >= 0.3 is 5.97 Å². The number of aryl methyl sites for hydroxylation is 1. The first-order valence-electron chi connectivity index (χ1n) is 6.71. The molecule has 0 saturated carbocycles. The molecule has 0 radical (unpaired) electrons. The van der Waals surface area contributed by atoms with Crippen LogP contribution >= 0.6 is 0 Å². The number of aliphatic carboxylic acids is 1. The highest BCUT2D eigenvalue weighted by Crippen LogP contribution is 2.33. The number of hydrogen-bond acceptors (Lipinski definition) is 2. The monoisotopic (exact) mass is 265 g/mol. The molecule has 2 aromatic rings. The molecule has 0 fully saturated rings. The van der Waals surface area contributed by atoms with Gasteiger partial charge in [-0.15, -0.1) is 0 Å². The summed E-state index contributed by atoms with van der Waals surface area (Å²) in [4.78, 5) is 15.0. The van der Waals surface area contributed by atoms with Gasteiger partial charge in [0.2, 0.25) is 0 Å². The number of carboxylic acid groups (broad SMARTS) is 1. The number of aromatic nitrogens is 1. The maximum Gasteiger partial charge on any atom is 0.328 e. The van der Waals surface area contributed by atoms with Crippen LogP contribution in [0.1, 0.15) is 24.0 Å². The molecule has 1 aromatic heterocycles. The van der Waals surface area contributed by atoms with Gasteiger partial charge < -0.3 is 5.11 Å². The van der Waals surface area contributed by atoms with Gasteiger partial charge in [0.15, 0.2) is 0 Å². The number of allylic oxidation sites excluding steroid dienone is 1.